The molecule has 0 aromatic heterocycles. The van der Waals surface area contributed by atoms with Gasteiger partial charge >= 0.3 is 0 Å². The van der Waals surface area contributed by atoms with Gasteiger partial charge in [0.2, 0.25) is 0 Å². The van der Waals surface area contributed by atoms with Crippen LogP contribution in [0.1, 0.15) is 15.9 Å². The predicted molar refractivity (Wildman–Crippen MR) is 79.8 cm³/mol. The Labute approximate surface area is 124 Å². The van der Waals surface area contributed by atoms with Gasteiger partial charge in [0.1, 0.15) is 11.6 Å². The van der Waals surface area contributed by atoms with Gasteiger partial charge in [0.15, 0.2) is 0 Å². The van der Waals surface area contributed by atoms with Gasteiger partial charge in [0.25, 0.3) is 5.91 Å². The lowest BCUT2D eigenvalue weighted by Gasteiger charge is -2.11. The molecule has 0 fully saturated rings. The van der Waals surface area contributed by atoms with Crippen molar-refractivity contribution in [1.82, 2.24) is 0 Å². The van der Waals surface area contributed by atoms with Gasteiger partial charge in [-0.3, -0.25) is 4.79 Å². The Kier molecular flexibility index (Phi) is 4.39. The van der Waals surface area contributed by atoms with Gasteiger partial charge in [-0.05, 0) is 52.7 Å². The summed E-state index contributed by atoms with van der Waals surface area (Å²) in [5, 5.41) is 2.69. The third-order valence-corrected chi connectivity index (χ3v) is 3.47. The number of benzene rings is 2. The second-order valence-corrected chi connectivity index (χ2v) is 5.09. The van der Waals surface area contributed by atoms with Crippen molar-refractivity contribution < 1.29 is 13.9 Å². The standard InChI is InChI=1S/C15H13BrFNO2/c1-9-7-11(16)12(17)8-13(9)18-15(19)10-5-3-4-6-14(10)20-2/h3-8H,1-2H3,(H,18,19). The minimum absolute atomic E-state index is 0.340. The third-order valence-electron chi connectivity index (χ3n) is 2.87. The van der Waals surface area contributed by atoms with Crippen molar-refractivity contribution >= 4 is 27.5 Å². The number of ether oxygens (including phenoxy) is 1. The van der Waals surface area contributed by atoms with Crippen molar-refractivity contribution in [2.24, 2.45) is 0 Å². The smallest absolute Gasteiger partial charge is 0.259 e. The van der Waals surface area contributed by atoms with Crippen LogP contribution < -0.4 is 10.1 Å². The Morgan fingerprint density at radius 3 is 2.70 bits per heavy atom. The molecule has 0 unspecified atom stereocenters. The van der Waals surface area contributed by atoms with Crippen LogP contribution in [0.25, 0.3) is 0 Å². The van der Waals surface area contributed by atoms with Crippen LogP contribution in [-0.2, 0) is 0 Å². The van der Waals surface area contributed by atoms with Crippen molar-refractivity contribution in [1.29, 1.82) is 0 Å². The van der Waals surface area contributed by atoms with Gasteiger partial charge in [-0.15, -0.1) is 0 Å². The molecule has 2 aromatic rings. The summed E-state index contributed by atoms with van der Waals surface area (Å²) in [6, 6.07) is 9.77. The van der Waals surface area contributed by atoms with E-state index in [9.17, 15) is 9.18 Å². The van der Waals surface area contributed by atoms with E-state index in [1.807, 2.05) is 0 Å². The minimum Gasteiger partial charge on any atom is -0.496 e. The molecule has 20 heavy (non-hydrogen) atoms. The molecule has 1 N–H and O–H groups in total. The van der Waals surface area contributed by atoms with Gasteiger partial charge in [-0.1, -0.05) is 12.1 Å². The van der Waals surface area contributed by atoms with Gasteiger partial charge in [0.05, 0.1) is 17.1 Å². The maximum absolute atomic E-state index is 13.5. The Hall–Kier alpha value is -1.88. The first-order valence-electron chi connectivity index (χ1n) is 5.93. The highest BCUT2D eigenvalue weighted by Gasteiger charge is 2.13. The van der Waals surface area contributed by atoms with Crippen LogP contribution in [0.5, 0.6) is 5.75 Å². The number of para-hydroxylation sites is 1. The lowest BCUT2D eigenvalue weighted by molar-refractivity contribution is 0.102. The SMILES string of the molecule is COc1ccccc1C(=O)Nc1cc(F)c(Br)cc1C. The molecular weight excluding hydrogens is 325 g/mol. The van der Waals surface area contributed by atoms with E-state index in [0.29, 0.717) is 21.5 Å². The van der Waals surface area contributed by atoms with Crippen LogP contribution in [0.2, 0.25) is 0 Å². The zero-order valence-electron chi connectivity index (χ0n) is 11.0. The van der Waals surface area contributed by atoms with Gasteiger partial charge < -0.3 is 10.1 Å². The maximum atomic E-state index is 13.5. The molecule has 0 heterocycles. The lowest BCUT2D eigenvalue weighted by Crippen LogP contribution is -2.14. The van der Waals surface area contributed by atoms with Crippen LogP contribution in [0.4, 0.5) is 10.1 Å². The first-order chi connectivity index (χ1) is 9.52. The number of nitrogens with one attached hydrogen (secondary N) is 1. The number of aryl methyl sites for hydroxylation is 1. The third kappa shape index (κ3) is 2.99. The van der Waals surface area contributed by atoms with Crippen molar-refractivity contribution in [3.63, 3.8) is 0 Å². The molecule has 0 saturated heterocycles. The van der Waals surface area contributed by atoms with Crippen molar-refractivity contribution in [2.75, 3.05) is 12.4 Å². The quantitative estimate of drug-likeness (QED) is 0.913. The zero-order valence-corrected chi connectivity index (χ0v) is 12.6. The number of amides is 1. The Bertz CT molecular complexity index is 658. The molecule has 2 aromatic carbocycles. The van der Waals surface area contributed by atoms with Crippen LogP contribution in [0, 0.1) is 12.7 Å². The summed E-state index contributed by atoms with van der Waals surface area (Å²) < 4.78 is 19.0. The highest BCUT2D eigenvalue weighted by Crippen LogP contribution is 2.25. The summed E-state index contributed by atoms with van der Waals surface area (Å²) in [6.45, 7) is 1.79. The van der Waals surface area contributed by atoms with Crippen molar-refractivity contribution in [2.45, 2.75) is 6.92 Å². The van der Waals surface area contributed by atoms with Gasteiger partial charge in [-0.2, -0.15) is 0 Å². The zero-order chi connectivity index (χ0) is 14.7. The molecule has 0 radical (unpaired) electrons. The molecule has 3 nitrogen and oxygen atoms in total. The summed E-state index contributed by atoms with van der Waals surface area (Å²) in [5.74, 6) is -0.293. The molecule has 104 valence electrons. The van der Waals surface area contributed by atoms with Crippen LogP contribution in [-0.4, -0.2) is 13.0 Å². The average molecular weight is 338 g/mol. The molecule has 0 spiro atoms. The summed E-state index contributed by atoms with van der Waals surface area (Å²) in [5.41, 5.74) is 1.60. The molecule has 0 atom stereocenters. The number of hydrogen-bond donors (Lipinski definition) is 1. The van der Waals surface area contributed by atoms with E-state index in [4.69, 9.17) is 4.74 Å². The second kappa shape index (κ2) is 6.05. The molecule has 1 amide bonds. The fourth-order valence-corrected chi connectivity index (χ4v) is 2.26. The molecule has 0 aliphatic carbocycles. The molecule has 0 saturated carbocycles. The second-order valence-electron chi connectivity index (χ2n) is 4.24. The van der Waals surface area contributed by atoms with E-state index in [1.165, 1.54) is 13.2 Å². The number of hydrogen-bond acceptors (Lipinski definition) is 2. The largest absolute Gasteiger partial charge is 0.496 e. The highest BCUT2D eigenvalue weighted by atomic mass is 79.9. The Morgan fingerprint density at radius 1 is 1.30 bits per heavy atom. The molecule has 0 aliphatic heterocycles. The van der Waals surface area contributed by atoms with E-state index < -0.39 is 5.82 Å². The first kappa shape index (κ1) is 14.5. The summed E-state index contributed by atoms with van der Waals surface area (Å²) in [6.07, 6.45) is 0. The number of halogens is 2. The van der Waals surface area contributed by atoms with Gasteiger partial charge in [0, 0.05) is 5.69 Å². The van der Waals surface area contributed by atoms with E-state index >= 15 is 0 Å². The molecular formula is C15H13BrFNO2. The molecule has 0 bridgehead atoms. The Balaban J connectivity index is 2.30. The normalized spacial score (nSPS) is 10.2. The van der Waals surface area contributed by atoms with Crippen molar-refractivity contribution in [3.05, 3.63) is 57.8 Å². The summed E-state index contributed by atoms with van der Waals surface area (Å²) >= 11 is 3.11. The number of methoxy groups -OCH3 is 1. The summed E-state index contributed by atoms with van der Waals surface area (Å²) in [4.78, 5) is 12.2. The highest BCUT2D eigenvalue weighted by molar-refractivity contribution is 9.10. The fourth-order valence-electron chi connectivity index (χ4n) is 1.80. The van der Waals surface area contributed by atoms with Crippen molar-refractivity contribution in [3.8, 4) is 5.75 Å². The number of rotatable bonds is 3. The van der Waals surface area contributed by atoms with E-state index in [0.717, 1.165) is 5.56 Å². The Morgan fingerprint density at radius 2 is 2.00 bits per heavy atom. The number of anilines is 1. The van der Waals surface area contributed by atoms with E-state index in [2.05, 4.69) is 21.2 Å². The molecule has 5 heteroatoms. The molecule has 2 rings (SSSR count). The van der Waals surface area contributed by atoms with E-state index in [1.54, 1.807) is 37.3 Å². The monoisotopic (exact) mass is 337 g/mol. The average Bonchev–Trinajstić information content (AvgIpc) is 2.44. The van der Waals surface area contributed by atoms with E-state index in [-0.39, 0.29) is 5.91 Å². The topological polar surface area (TPSA) is 38.3 Å². The summed E-state index contributed by atoms with van der Waals surface area (Å²) in [7, 11) is 1.50. The number of carbonyl (C=O) groups excluding carboxylic acids is 1. The van der Waals surface area contributed by atoms with Crippen LogP contribution >= 0.6 is 15.9 Å². The fraction of sp³-hybridized carbons (Fsp3) is 0.133. The lowest BCUT2D eigenvalue weighted by atomic mass is 10.1. The maximum Gasteiger partial charge on any atom is 0.259 e. The van der Waals surface area contributed by atoms with Gasteiger partial charge in [-0.25, -0.2) is 4.39 Å². The van der Waals surface area contributed by atoms with Crippen LogP contribution in [0.3, 0.4) is 0 Å². The number of carbonyl (C=O) groups is 1. The first-order valence-corrected chi connectivity index (χ1v) is 6.72. The van der Waals surface area contributed by atoms with Crippen LogP contribution in [0.15, 0.2) is 40.9 Å². The molecule has 0 aliphatic rings. The minimum atomic E-state index is -0.425. The predicted octanol–water partition coefficient (Wildman–Crippen LogP) is 4.16.